The molecule has 0 saturated heterocycles. The van der Waals surface area contributed by atoms with Crippen molar-refractivity contribution < 1.29 is 23.8 Å². The Morgan fingerprint density at radius 1 is 1.18 bits per heavy atom. The maximum Gasteiger partial charge on any atom is 0.184 e. The number of rotatable bonds is 12. The molecule has 0 amide bonds. The molecule has 40 heavy (non-hydrogen) atoms. The number of allylic oxidation sites excluding steroid dienone is 6. The van der Waals surface area contributed by atoms with Crippen molar-refractivity contribution in [1.82, 2.24) is 14.9 Å². The predicted octanol–water partition coefficient (Wildman–Crippen LogP) is 5.92. The molecule has 4 rings (SSSR count). The summed E-state index contributed by atoms with van der Waals surface area (Å²) >= 11 is 0. The lowest BCUT2D eigenvalue weighted by Crippen LogP contribution is -2.39. The molecule has 1 aromatic carbocycles. The predicted molar refractivity (Wildman–Crippen MR) is 153 cm³/mol. The molecule has 0 spiro atoms. The van der Waals surface area contributed by atoms with Gasteiger partial charge in [0.2, 0.25) is 0 Å². The van der Waals surface area contributed by atoms with Gasteiger partial charge in [0.15, 0.2) is 18.2 Å². The number of amidine groups is 1. The summed E-state index contributed by atoms with van der Waals surface area (Å²) < 4.78 is 27.2. The normalized spacial score (nSPS) is 19.3. The van der Waals surface area contributed by atoms with Crippen molar-refractivity contribution in [1.29, 1.82) is 0 Å². The highest BCUT2D eigenvalue weighted by Crippen LogP contribution is 2.26. The third-order valence-electron chi connectivity index (χ3n) is 6.80. The first kappa shape index (κ1) is 29.1. The Labute approximate surface area is 232 Å². The number of aromatic amines is 1. The van der Waals surface area contributed by atoms with Crippen molar-refractivity contribution >= 4 is 23.6 Å². The molecule has 0 radical (unpaired) electrons. The van der Waals surface area contributed by atoms with Crippen LogP contribution in [0.5, 0.6) is 0 Å². The molecule has 0 saturated carbocycles. The molecular formula is C30H35F2N5O3. The number of aromatic nitrogens is 2. The van der Waals surface area contributed by atoms with Gasteiger partial charge in [-0.1, -0.05) is 24.3 Å². The van der Waals surface area contributed by atoms with Gasteiger partial charge in [0, 0.05) is 25.9 Å². The summed E-state index contributed by atoms with van der Waals surface area (Å²) in [6.07, 6.45) is 16.9. The fraction of sp³-hybridized carbons (Fsp3) is 0.367. The molecule has 10 heteroatoms. The molecule has 0 bridgehead atoms. The second-order valence-electron chi connectivity index (χ2n) is 9.71. The van der Waals surface area contributed by atoms with Crippen LogP contribution in [0.2, 0.25) is 0 Å². The number of aliphatic hydroxyl groups is 2. The number of unbranched alkanes of at least 4 members (excludes halogenated alkanes) is 1. The van der Waals surface area contributed by atoms with Gasteiger partial charge >= 0.3 is 0 Å². The number of aliphatic imine (C=N–C) groups is 1. The first-order chi connectivity index (χ1) is 19.4. The highest BCUT2D eigenvalue weighted by atomic mass is 19.1. The molecule has 2 aliphatic rings. The number of nitrogens with one attached hydrogen (secondary N) is 1. The van der Waals surface area contributed by atoms with E-state index in [0.717, 1.165) is 17.8 Å². The summed E-state index contributed by atoms with van der Waals surface area (Å²) in [6, 6.07) is 4.34. The summed E-state index contributed by atoms with van der Waals surface area (Å²) in [6.45, 7) is 4.03. The zero-order chi connectivity index (χ0) is 28.3. The van der Waals surface area contributed by atoms with E-state index < -0.39 is 12.4 Å². The Balaban J connectivity index is 1.48. The first-order valence-electron chi connectivity index (χ1n) is 13.5. The lowest BCUT2D eigenvalue weighted by Gasteiger charge is -2.32. The molecule has 1 aliphatic carbocycles. The third-order valence-corrected chi connectivity index (χ3v) is 6.80. The number of imidazole rings is 1. The van der Waals surface area contributed by atoms with E-state index in [9.17, 15) is 19.0 Å². The number of nitrogens with zero attached hydrogens (tertiary/aromatic N) is 4. The number of benzene rings is 1. The Hall–Kier alpha value is -3.89. The van der Waals surface area contributed by atoms with Gasteiger partial charge < -0.3 is 24.9 Å². The molecule has 2 aromatic rings. The lowest BCUT2D eigenvalue weighted by atomic mass is 10.0. The lowest BCUT2D eigenvalue weighted by molar-refractivity contribution is -0.0464. The largest absolute Gasteiger partial charge is 0.385 e. The summed E-state index contributed by atoms with van der Waals surface area (Å²) in [5.41, 5.74) is 2.23. The highest BCUT2D eigenvalue weighted by molar-refractivity contribution is 5.83. The zero-order valence-electron chi connectivity index (χ0n) is 22.3. The molecule has 2 atom stereocenters. The Morgan fingerprint density at radius 2 is 2.05 bits per heavy atom. The fourth-order valence-corrected chi connectivity index (χ4v) is 4.73. The number of fused-ring (bicyclic) bond motifs is 1. The molecule has 1 aliphatic heterocycles. The molecule has 0 fully saturated rings. The number of H-pyrrole nitrogens is 1. The smallest absolute Gasteiger partial charge is 0.184 e. The molecule has 1 aromatic heterocycles. The van der Waals surface area contributed by atoms with Gasteiger partial charge in [0.1, 0.15) is 17.5 Å². The van der Waals surface area contributed by atoms with Gasteiger partial charge in [0.25, 0.3) is 0 Å². The van der Waals surface area contributed by atoms with Gasteiger partial charge in [0.05, 0.1) is 17.1 Å². The quantitative estimate of drug-likeness (QED) is 0.131. The van der Waals surface area contributed by atoms with Crippen molar-refractivity contribution in [2.45, 2.75) is 63.4 Å². The van der Waals surface area contributed by atoms with E-state index >= 15 is 0 Å². The second-order valence-corrected chi connectivity index (χ2v) is 9.71. The van der Waals surface area contributed by atoms with E-state index in [0.29, 0.717) is 61.9 Å². The van der Waals surface area contributed by atoms with Crippen LogP contribution in [0.15, 0.2) is 88.5 Å². The van der Waals surface area contributed by atoms with Crippen molar-refractivity contribution in [3.63, 3.8) is 0 Å². The van der Waals surface area contributed by atoms with E-state index in [4.69, 9.17) is 9.83 Å². The van der Waals surface area contributed by atoms with E-state index in [2.05, 4.69) is 26.7 Å². The number of hydrogen-bond donors (Lipinski definition) is 3. The average molecular weight is 552 g/mol. The summed E-state index contributed by atoms with van der Waals surface area (Å²) in [4.78, 5) is 20.1. The number of halogens is 2. The highest BCUT2D eigenvalue weighted by Gasteiger charge is 2.21. The number of aliphatic hydroxyl groups excluding tert-OH is 1. The number of hydrogen-bond acceptors (Lipinski definition) is 7. The van der Waals surface area contributed by atoms with Crippen molar-refractivity contribution in [3.05, 3.63) is 90.0 Å². The van der Waals surface area contributed by atoms with Crippen molar-refractivity contribution in [2.24, 2.45) is 10.1 Å². The van der Waals surface area contributed by atoms with Gasteiger partial charge in [-0.05, 0) is 80.5 Å². The van der Waals surface area contributed by atoms with Crippen LogP contribution in [-0.2, 0) is 4.84 Å². The minimum absolute atomic E-state index is 0.0239. The van der Waals surface area contributed by atoms with Crippen LogP contribution in [0.3, 0.4) is 0 Å². The summed E-state index contributed by atoms with van der Waals surface area (Å²) in [5, 5.41) is 22.0. The Morgan fingerprint density at radius 3 is 2.83 bits per heavy atom. The van der Waals surface area contributed by atoms with Crippen molar-refractivity contribution in [2.75, 3.05) is 6.54 Å². The van der Waals surface area contributed by atoms with Crippen LogP contribution in [0, 0.1) is 5.82 Å². The monoisotopic (exact) mass is 551 g/mol. The maximum absolute atomic E-state index is 13.6. The second kappa shape index (κ2) is 14.5. The average Bonchev–Trinajstić information content (AvgIpc) is 3.36. The van der Waals surface area contributed by atoms with E-state index in [1.54, 1.807) is 18.3 Å². The summed E-state index contributed by atoms with van der Waals surface area (Å²) in [7, 11) is 0. The fourth-order valence-electron chi connectivity index (χ4n) is 4.73. The van der Waals surface area contributed by atoms with Gasteiger partial charge in [-0.3, -0.25) is 0 Å². The Bertz CT molecular complexity index is 1340. The van der Waals surface area contributed by atoms with Gasteiger partial charge in [-0.15, -0.1) is 5.16 Å². The minimum atomic E-state index is -1.32. The van der Waals surface area contributed by atoms with Crippen LogP contribution in [0.25, 0.3) is 11.0 Å². The van der Waals surface area contributed by atoms with Crippen LogP contribution >= 0.6 is 0 Å². The van der Waals surface area contributed by atoms with Crippen molar-refractivity contribution in [3.8, 4) is 0 Å². The molecular weight excluding hydrogens is 516 g/mol. The van der Waals surface area contributed by atoms with Crippen LogP contribution < -0.4 is 0 Å². The zero-order valence-corrected chi connectivity index (χ0v) is 22.3. The Kier molecular flexibility index (Phi) is 10.5. The minimum Gasteiger partial charge on any atom is -0.385 e. The van der Waals surface area contributed by atoms with Crippen LogP contribution in [0.1, 0.15) is 56.9 Å². The SMILES string of the molecule is C=NOC(CCC1=C/C=C/CN(C2C=CC(F)=CC2)C(CCCCC(O)O)=NC=C1)c1nc2ccc(F)cc2[nH]1. The first-order valence-corrected chi connectivity index (χ1v) is 13.5. The molecule has 2 unspecified atom stereocenters. The van der Waals surface area contributed by atoms with Gasteiger partial charge in [-0.25, -0.2) is 18.8 Å². The molecule has 8 nitrogen and oxygen atoms in total. The molecule has 2 heterocycles. The molecule has 3 N–H and O–H groups in total. The third kappa shape index (κ3) is 8.30. The standard InChI is InChI=1S/C30H35F2N5O3/c1-33-40-27(30-35-25-15-12-23(32)20-26(25)36-30)16-9-21-6-4-5-19-37(24-13-10-22(31)11-14-24)28(34-18-17-21)7-2-3-8-29(38)39/h4-6,10-13,15,17-18,20,24,27,29,38-39H,1-3,7-9,14,16,19H2,(H,35,36)/b5-4+,18-17?,21-6?,34-28?. The maximum atomic E-state index is 13.6. The van der Waals surface area contributed by atoms with E-state index in [-0.39, 0.29) is 17.7 Å². The van der Waals surface area contributed by atoms with Crippen LogP contribution in [-0.4, -0.2) is 56.5 Å². The van der Waals surface area contributed by atoms with E-state index in [1.165, 1.54) is 18.2 Å². The van der Waals surface area contributed by atoms with Crippen LogP contribution in [0.4, 0.5) is 8.78 Å². The summed E-state index contributed by atoms with van der Waals surface area (Å²) in [5.74, 6) is 0.812. The number of oxime groups is 1. The molecule has 212 valence electrons. The van der Waals surface area contributed by atoms with E-state index in [1.807, 2.05) is 30.4 Å². The topological polar surface area (TPSA) is 106 Å². The van der Waals surface area contributed by atoms with Gasteiger partial charge in [-0.2, -0.15) is 0 Å².